The summed E-state index contributed by atoms with van der Waals surface area (Å²) in [4.78, 5) is 17.4. The lowest BCUT2D eigenvalue weighted by atomic mass is 9.96. The fourth-order valence-corrected chi connectivity index (χ4v) is 4.55. The highest BCUT2D eigenvalue weighted by Gasteiger charge is 2.32. The van der Waals surface area contributed by atoms with Crippen molar-refractivity contribution in [1.29, 1.82) is 0 Å². The lowest BCUT2D eigenvalue weighted by Crippen LogP contribution is -2.58. The monoisotopic (exact) mass is 374 g/mol. The molecule has 0 aromatic heterocycles. The lowest BCUT2D eigenvalue weighted by Gasteiger charge is -2.44. The van der Waals surface area contributed by atoms with Crippen LogP contribution >= 0.6 is 0 Å². The summed E-state index contributed by atoms with van der Waals surface area (Å²) in [6, 6.07) is 0. The SMILES string of the molecule is CCN1CCN(C(C)(C)CNC(=O)C2CCN(S(C)(=O)=O)CC2)CC1. The van der Waals surface area contributed by atoms with E-state index in [9.17, 15) is 13.2 Å². The zero-order valence-electron chi connectivity index (χ0n) is 16.1. The quantitative estimate of drug-likeness (QED) is 0.719. The highest BCUT2D eigenvalue weighted by atomic mass is 32.2. The molecule has 2 saturated heterocycles. The van der Waals surface area contributed by atoms with Crippen LogP contribution in [0.1, 0.15) is 33.6 Å². The third-order valence-corrected chi connectivity index (χ3v) is 6.97. The van der Waals surface area contributed by atoms with Gasteiger partial charge in [-0.05, 0) is 33.2 Å². The Bertz CT molecular complexity index is 548. The van der Waals surface area contributed by atoms with Gasteiger partial charge in [-0.3, -0.25) is 9.69 Å². The first-order chi connectivity index (χ1) is 11.6. The van der Waals surface area contributed by atoms with Crippen LogP contribution in [0.5, 0.6) is 0 Å². The van der Waals surface area contributed by atoms with Crippen LogP contribution in [0.4, 0.5) is 0 Å². The number of rotatable bonds is 6. The third-order valence-electron chi connectivity index (χ3n) is 5.66. The van der Waals surface area contributed by atoms with Gasteiger partial charge in [-0.25, -0.2) is 12.7 Å². The zero-order valence-corrected chi connectivity index (χ0v) is 16.9. The van der Waals surface area contributed by atoms with Crippen molar-refractivity contribution in [2.45, 2.75) is 39.2 Å². The van der Waals surface area contributed by atoms with E-state index in [0.29, 0.717) is 32.5 Å². The third kappa shape index (κ3) is 5.64. The van der Waals surface area contributed by atoms with Crippen molar-refractivity contribution < 1.29 is 13.2 Å². The van der Waals surface area contributed by atoms with Gasteiger partial charge in [0.15, 0.2) is 0 Å². The molecule has 0 aromatic carbocycles. The molecule has 2 aliphatic heterocycles. The summed E-state index contributed by atoms with van der Waals surface area (Å²) in [5, 5.41) is 3.11. The number of hydrogen-bond donors (Lipinski definition) is 1. The Kier molecular flexibility index (Phi) is 6.87. The minimum atomic E-state index is -3.14. The summed E-state index contributed by atoms with van der Waals surface area (Å²) in [7, 11) is -3.14. The van der Waals surface area contributed by atoms with Crippen LogP contribution in [-0.4, -0.2) is 92.6 Å². The van der Waals surface area contributed by atoms with Crippen molar-refractivity contribution >= 4 is 15.9 Å². The van der Waals surface area contributed by atoms with Crippen molar-refractivity contribution in [2.24, 2.45) is 5.92 Å². The number of hydrogen-bond acceptors (Lipinski definition) is 5. The number of nitrogens with one attached hydrogen (secondary N) is 1. The first kappa shape index (κ1) is 20.6. The summed E-state index contributed by atoms with van der Waals surface area (Å²) in [5.41, 5.74) is -0.0665. The summed E-state index contributed by atoms with van der Waals surface area (Å²) in [6.07, 6.45) is 2.44. The number of carbonyl (C=O) groups excluding carboxylic acids is 1. The molecule has 2 fully saturated rings. The van der Waals surface area contributed by atoms with Gasteiger partial charge in [0.2, 0.25) is 15.9 Å². The minimum Gasteiger partial charge on any atom is -0.354 e. The topological polar surface area (TPSA) is 73.0 Å². The molecule has 1 N–H and O–H groups in total. The normalized spacial score (nSPS) is 22.9. The van der Waals surface area contributed by atoms with E-state index >= 15 is 0 Å². The molecular formula is C17H34N4O3S. The number of nitrogens with zero attached hydrogens (tertiary/aromatic N) is 3. The number of likely N-dealkylation sites (N-methyl/N-ethyl adjacent to an activating group) is 1. The molecule has 2 rings (SSSR count). The number of piperazine rings is 1. The highest BCUT2D eigenvalue weighted by Crippen LogP contribution is 2.20. The van der Waals surface area contributed by atoms with Crippen LogP contribution in [-0.2, 0) is 14.8 Å². The molecule has 25 heavy (non-hydrogen) atoms. The molecule has 0 saturated carbocycles. The van der Waals surface area contributed by atoms with Crippen LogP contribution in [0.2, 0.25) is 0 Å². The summed E-state index contributed by atoms with van der Waals surface area (Å²) >= 11 is 0. The van der Waals surface area contributed by atoms with E-state index in [2.05, 4.69) is 35.9 Å². The average Bonchev–Trinajstić information content (AvgIpc) is 2.59. The lowest BCUT2D eigenvalue weighted by molar-refractivity contribution is -0.126. The maximum absolute atomic E-state index is 12.5. The van der Waals surface area contributed by atoms with Crippen molar-refractivity contribution in [3.8, 4) is 0 Å². The summed E-state index contributed by atoms with van der Waals surface area (Å²) in [5.74, 6) is -0.0147. The predicted octanol–water partition coefficient (Wildman–Crippen LogP) is 0.190. The Labute approximate surface area is 152 Å². The highest BCUT2D eigenvalue weighted by molar-refractivity contribution is 7.88. The molecule has 0 aliphatic carbocycles. The van der Waals surface area contributed by atoms with Crippen molar-refractivity contribution in [3.05, 3.63) is 0 Å². The van der Waals surface area contributed by atoms with Gasteiger partial charge in [0.05, 0.1) is 6.26 Å². The summed E-state index contributed by atoms with van der Waals surface area (Å²) in [6.45, 7) is 13.4. The Hall–Kier alpha value is -0.700. The smallest absolute Gasteiger partial charge is 0.223 e. The van der Waals surface area contributed by atoms with Crippen molar-refractivity contribution in [2.75, 3.05) is 58.6 Å². The Morgan fingerprint density at radius 2 is 1.64 bits per heavy atom. The minimum absolute atomic E-state index is 0.0634. The van der Waals surface area contributed by atoms with Gasteiger partial charge in [-0.1, -0.05) is 6.92 Å². The Morgan fingerprint density at radius 1 is 1.08 bits per heavy atom. The Morgan fingerprint density at radius 3 is 2.12 bits per heavy atom. The largest absolute Gasteiger partial charge is 0.354 e. The standard InChI is InChI=1S/C17H34N4O3S/c1-5-19-10-12-20(13-11-19)17(2,3)14-18-16(22)15-6-8-21(9-7-15)25(4,23)24/h15H,5-14H2,1-4H3,(H,18,22). The number of carbonyl (C=O) groups is 1. The van der Waals surface area contributed by atoms with E-state index in [1.807, 2.05) is 0 Å². The van der Waals surface area contributed by atoms with E-state index in [4.69, 9.17) is 0 Å². The van der Waals surface area contributed by atoms with E-state index in [-0.39, 0.29) is 17.4 Å². The molecular weight excluding hydrogens is 340 g/mol. The van der Waals surface area contributed by atoms with E-state index in [1.165, 1.54) is 10.6 Å². The number of sulfonamides is 1. The second-order valence-electron chi connectivity index (χ2n) is 7.89. The molecule has 2 heterocycles. The van der Waals surface area contributed by atoms with Gasteiger partial charge in [0, 0.05) is 57.3 Å². The summed E-state index contributed by atoms with van der Waals surface area (Å²) < 4.78 is 24.6. The van der Waals surface area contributed by atoms with Crippen LogP contribution in [0, 0.1) is 5.92 Å². The Balaban J connectivity index is 1.78. The molecule has 1 amide bonds. The van der Waals surface area contributed by atoms with Crippen LogP contribution in [0.15, 0.2) is 0 Å². The van der Waals surface area contributed by atoms with Gasteiger partial charge in [-0.2, -0.15) is 0 Å². The second kappa shape index (κ2) is 8.33. The average molecular weight is 375 g/mol. The number of piperidine rings is 1. The fraction of sp³-hybridized carbons (Fsp3) is 0.941. The van der Waals surface area contributed by atoms with E-state index in [0.717, 1.165) is 32.7 Å². The van der Waals surface area contributed by atoms with Crippen LogP contribution < -0.4 is 5.32 Å². The van der Waals surface area contributed by atoms with Crippen LogP contribution in [0.3, 0.4) is 0 Å². The first-order valence-corrected chi connectivity index (χ1v) is 11.2. The molecule has 2 aliphatic rings. The first-order valence-electron chi connectivity index (χ1n) is 9.33. The molecule has 0 atom stereocenters. The predicted molar refractivity (Wildman–Crippen MR) is 99.9 cm³/mol. The van der Waals surface area contributed by atoms with Gasteiger partial charge < -0.3 is 10.2 Å². The molecule has 0 radical (unpaired) electrons. The van der Waals surface area contributed by atoms with Gasteiger partial charge >= 0.3 is 0 Å². The molecule has 0 bridgehead atoms. The maximum atomic E-state index is 12.5. The van der Waals surface area contributed by atoms with Crippen LogP contribution in [0.25, 0.3) is 0 Å². The second-order valence-corrected chi connectivity index (χ2v) is 9.87. The molecule has 0 spiro atoms. The van der Waals surface area contributed by atoms with E-state index < -0.39 is 10.0 Å². The maximum Gasteiger partial charge on any atom is 0.223 e. The molecule has 146 valence electrons. The van der Waals surface area contributed by atoms with Gasteiger partial charge in [0.25, 0.3) is 0 Å². The zero-order chi connectivity index (χ0) is 18.7. The van der Waals surface area contributed by atoms with Crippen molar-refractivity contribution in [3.63, 3.8) is 0 Å². The van der Waals surface area contributed by atoms with Gasteiger partial charge in [0.1, 0.15) is 0 Å². The fourth-order valence-electron chi connectivity index (χ4n) is 3.68. The molecule has 7 nitrogen and oxygen atoms in total. The molecule has 0 unspecified atom stereocenters. The molecule has 0 aromatic rings. The molecule has 8 heteroatoms. The van der Waals surface area contributed by atoms with E-state index in [1.54, 1.807) is 0 Å². The van der Waals surface area contributed by atoms with Gasteiger partial charge in [-0.15, -0.1) is 0 Å². The number of amides is 1. The van der Waals surface area contributed by atoms with Crippen molar-refractivity contribution in [1.82, 2.24) is 19.4 Å².